The Bertz CT molecular complexity index is 769. The largest absolute Gasteiger partial charge is 0.341 e. The topological polar surface area (TPSA) is 75.2 Å². The van der Waals surface area contributed by atoms with E-state index >= 15 is 0 Å². The minimum atomic E-state index is -3.62. The van der Waals surface area contributed by atoms with Gasteiger partial charge in [-0.1, -0.05) is 12.1 Å². The van der Waals surface area contributed by atoms with Gasteiger partial charge in [0.25, 0.3) is 10.0 Å². The number of piperidine rings is 1. The molecule has 0 atom stereocenters. The number of sulfonamides is 1. The van der Waals surface area contributed by atoms with Crippen molar-refractivity contribution in [1.82, 2.24) is 9.97 Å². The highest BCUT2D eigenvalue weighted by Crippen LogP contribution is 2.19. The molecule has 0 bridgehead atoms. The van der Waals surface area contributed by atoms with Gasteiger partial charge in [0.15, 0.2) is 0 Å². The quantitative estimate of drug-likeness (QED) is 0.931. The number of hydrogen-bond donors (Lipinski definition) is 1. The lowest BCUT2D eigenvalue weighted by Gasteiger charge is -2.26. The minimum Gasteiger partial charge on any atom is -0.341 e. The molecule has 122 valence electrons. The van der Waals surface area contributed by atoms with Crippen LogP contribution in [0.4, 0.5) is 11.6 Å². The summed E-state index contributed by atoms with van der Waals surface area (Å²) in [4.78, 5) is 10.9. The number of aromatic nitrogens is 2. The van der Waals surface area contributed by atoms with Crippen LogP contribution in [0, 0.1) is 6.92 Å². The summed E-state index contributed by atoms with van der Waals surface area (Å²) in [6.45, 7) is 3.76. The molecule has 1 fully saturated rings. The number of aryl methyl sites for hydroxylation is 1. The van der Waals surface area contributed by atoms with Crippen molar-refractivity contribution in [3.63, 3.8) is 0 Å². The predicted molar refractivity (Wildman–Crippen MR) is 90.1 cm³/mol. The summed E-state index contributed by atoms with van der Waals surface area (Å²) in [6.07, 6.45) is 6.57. The first-order chi connectivity index (χ1) is 11.0. The molecule has 0 saturated carbocycles. The number of nitrogens with one attached hydrogen (secondary N) is 1. The zero-order valence-electron chi connectivity index (χ0n) is 13.1. The predicted octanol–water partition coefficient (Wildman–Crippen LogP) is 2.58. The third-order valence-electron chi connectivity index (χ3n) is 3.83. The van der Waals surface area contributed by atoms with E-state index in [2.05, 4.69) is 19.6 Å². The molecular formula is C16H20N4O2S. The summed E-state index contributed by atoms with van der Waals surface area (Å²) in [5.74, 6) is 0.656. The van der Waals surface area contributed by atoms with Gasteiger partial charge in [0.1, 0.15) is 0 Å². The molecule has 6 nitrogen and oxygen atoms in total. The van der Waals surface area contributed by atoms with Crippen molar-refractivity contribution in [1.29, 1.82) is 0 Å². The first-order valence-electron chi connectivity index (χ1n) is 7.71. The monoisotopic (exact) mass is 332 g/mol. The van der Waals surface area contributed by atoms with Gasteiger partial charge in [-0.15, -0.1) is 0 Å². The zero-order valence-corrected chi connectivity index (χ0v) is 13.9. The first-order valence-corrected chi connectivity index (χ1v) is 9.19. The molecule has 1 aliphatic rings. The highest BCUT2D eigenvalue weighted by atomic mass is 32.2. The molecular weight excluding hydrogens is 312 g/mol. The van der Waals surface area contributed by atoms with Gasteiger partial charge >= 0.3 is 0 Å². The lowest BCUT2D eigenvalue weighted by Crippen LogP contribution is -2.30. The fourth-order valence-electron chi connectivity index (χ4n) is 2.63. The van der Waals surface area contributed by atoms with Crippen LogP contribution in [-0.4, -0.2) is 31.5 Å². The molecule has 23 heavy (non-hydrogen) atoms. The van der Waals surface area contributed by atoms with Crippen LogP contribution in [0.15, 0.2) is 41.6 Å². The van der Waals surface area contributed by atoms with E-state index in [0.29, 0.717) is 11.6 Å². The molecule has 3 rings (SSSR count). The smallest absolute Gasteiger partial charge is 0.262 e. The molecule has 1 aromatic heterocycles. The standard InChI is InChI=1S/C16H20N4O2S/c1-13-6-5-7-15(10-13)23(21,22)19-14-11-17-16(18-12-14)20-8-3-2-4-9-20/h5-7,10-12,19H,2-4,8-9H2,1H3. The second-order valence-corrected chi connectivity index (χ2v) is 7.42. The van der Waals surface area contributed by atoms with Crippen LogP contribution in [0.2, 0.25) is 0 Å². The molecule has 0 unspecified atom stereocenters. The Kier molecular flexibility index (Phi) is 4.47. The molecule has 0 spiro atoms. The van der Waals surface area contributed by atoms with E-state index in [1.54, 1.807) is 18.2 Å². The van der Waals surface area contributed by atoms with Crippen molar-refractivity contribution < 1.29 is 8.42 Å². The molecule has 0 aliphatic carbocycles. The van der Waals surface area contributed by atoms with Gasteiger partial charge in [-0.3, -0.25) is 4.72 Å². The number of benzene rings is 1. The Morgan fingerprint density at radius 3 is 2.43 bits per heavy atom. The maximum Gasteiger partial charge on any atom is 0.262 e. The van der Waals surface area contributed by atoms with Crippen LogP contribution < -0.4 is 9.62 Å². The molecule has 2 aromatic rings. The number of hydrogen-bond acceptors (Lipinski definition) is 5. The normalized spacial score (nSPS) is 15.4. The van der Waals surface area contributed by atoms with Gasteiger partial charge < -0.3 is 4.90 Å². The first kappa shape index (κ1) is 15.7. The average Bonchev–Trinajstić information content (AvgIpc) is 2.56. The Morgan fingerprint density at radius 1 is 1.09 bits per heavy atom. The van der Waals surface area contributed by atoms with Crippen molar-refractivity contribution in [3.8, 4) is 0 Å². The van der Waals surface area contributed by atoms with Crippen molar-refractivity contribution >= 4 is 21.7 Å². The summed E-state index contributed by atoms with van der Waals surface area (Å²) < 4.78 is 27.2. The van der Waals surface area contributed by atoms with Gasteiger partial charge in [0, 0.05) is 13.1 Å². The third-order valence-corrected chi connectivity index (χ3v) is 5.21. The van der Waals surface area contributed by atoms with Crippen LogP contribution in [0.1, 0.15) is 24.8 Å². The van der Waals surface area contributed by atoms with Gasteiger partial charge in [0.2, 0.25) is 5.95 Å². The molecule has 7 heteroatoms. The van der Waals surface area contributed by atoms with Crippen LogP contribution >= 0.6 is 0 Å². The second-order valence-electron chi connectivity index (χ2n) is 5.74. The van der Waals surface area contributed by atoms with E-state index in [4.69, 9.17) is 0 Å². The third kappa shape index (κ3) is 3.79. The van der Waals surface area contributed by atoms with Gasteiger partial charge in [-0.05, 0) is 43.9 Å². The maximum atomic E-state index is 12.4. The summed E-state index contributed by atoms with van der Waals surface area (Å²) in [6, 6.07) is 6.78. The molecule has 1 saturated heterocycles. The molecule has 1 aromatic carbocycles. The van der Waals surface area contributed by atoms with E-state index in [9.17, 15) is 8.42 Å². The molecule has 1 aliphatic heterocycles. The van der Waals surface area contributed by atoms with Crippen molar-refractivity contribution in [2.45, 2.75) is 31.1 Å². The van der Waals surface area contributed by atoms with E-state index in [1.165, 1.54) is 18.8 Å². The van der Waals surface area contributed by atoms with Crippen LogP contribution in [0.3, 0.4) is 0 Å². The van der Waals surface area contributed by atoms with Crippen molar-refractivity contribution in [3.05, 3.63) is 42.2 Å². The van der Waals surface area contributed by atoms with E-state index in [-0.39, 0.29) is 4.90 Å². The molecule has 0 radical (unpaired) electrons. The lowest BCUT2D eigenvalue weighted by molar-refractivity contribution is 0.568. The number of anilines is 2. The number of nitrogens with zero attached hydrogens (tertiary/aromatic N) is 3. The lowest BCUT2D eigenvalue weighted by atomic mass is 10.1. The average molecular weight is 332 g/mol. The summed E-state index contributed by atoms with van der Waals surface area (Å²) >= 11 is 0. The Balaban J connectivity index is 1.75. The molecule has 1 N–H and O–H groups in total. The van der Waals surface area contributed by atoms with Gasteiger partial charge in [-0.25, -0.2) is 18.4 Å². The fraction of sp³-hybridized carbons (Fsp3) is 0.375. The fourth-order valence-corrected chi connectivity index (χ4v) is 3.76. The minimum absolute atomic E-state index is 0.234. The summed E-state index contributed by atoms with van der Waals surface area (Å²) in [7, 11) is -3.62. The van der Waals surface area contributed by atoms with Crippen LogP contribution in [0.5, 0.6) is 0 Å². The van der Waals surface area contributed by atoms with Crippen molar-refractivity contribution in [2.24, 2.45) is 0 Å². The van der Waals surface area contributed by atoms with E-state index < -0.39 is 10.0 Å². The number of rotatable bonds is 4. The van der Waals surface area contributed by atoms with Gasteiger partial charge in [-0.2, -0.15) is 0 Å². The molecule has 0 amide bonds. The van der Waals surface area contributed by atoms with E-state index in [0.717, 1.165) is 31.5 Å². The van der Waals surface area contributed by atoms with Crippen LogP contribution in [-0.2, 0) is 10.0 Å². The maximum absolute atomic E-state index is 12.4. The van der Waals surface area contributed by atoms with Gasteiger partial charge in [0.05, 0.1) is 23.0 Å². The summed E-state index contributed by atoms with van der Waals surface area (Å²) in [5.41, 5.74) is 1.26. The van der Waals surface area contributed by atoms with E-state index in [1.807, 2.05) is 13.0 Å². The Labute approximate surface area is 136 Å². The SMILES string of the molecule is Cc1cccc(S(=O)(=O)Nc2cnc(N3CCCCC3)nc2)c1. The zero-order chi connectivity index (χ0) is 16.3. The van der Waals surface area contributed by atoms with Crippen LogP contribution in [0.25, 0.3) is 0 Å². The van der Waals surface area contributed by atoms with Crippen molar-refractivity contribution in [2.75, 3.05) is 22.7 Å². The molecule has 2 heterocycles. The second kappa shape index (κ2) is 6.54. The summed E-state index contributed by atoms with van der Waals surface area (Å²) in [5, 5.41) is 0. The Morgan fingerprint density at radius 2 is 1.78 bits per heavy atom. The Hall–Kier alpha value is -2.15. The highest BCUT2D eigenvalue weighted by Gasteiger charge is 2.16. The highest BCUT2D eigenvalue weighted by molar-refractivity contribution is 7.92.